The molecule has 0 aromatic heterocycles. The molecule has 1 heterocycles. The minimum Gasteiger partial charge on any atom is -0.497 e. The van der Waals surface area contributed by atoms with Gasteiger partial charge in [-0.25, -0.2) is 0 Å². The van der Waals surface area contributed by atoms with Gasteiger partial charge in [0.1, 0.15) is 35.8 Å². The van der Waals surface area contributed by atoms with E-state index in [-0.39, 0.29) is 6.61 Å². The molecule has 0 bridgehead atoms. The van der Waals surface area contributed by atoms with Crippen molar-refractivity contribution in [1.82, 2.24) is 4.90 Å². The quantitative estimate of drug-likeness (QED) is 0.732. The number of nitrogens with zero attached hydrogens (tertiary/aromatic N) is 2. The number of rotatable bonds is 8. The first-order valence-corrected chi connectivity index (χ1v) is 9.85. The second-order valence-electron chi connectivity index (χ2n) is 7.03. The number of hydrogen-bond donors (Lipinski definition) is 1. The van der Waals surface area contributed by atoms with Crippen molar-refractivity contribution in [3.8, 4) is 17.6 Å². The lowest BCUT2D eigenvalue weighted by Gasteiger charge is -2.27. The summed E-state index contributed by atoms with van der Waals surface area (Å²) in [5.74, 6) is 1.27. The highest BCUT2D eigenvalue weighted by atomic mass is 35.5. The Morgan fingerprint density at radius 3 is 2.79 bits per heavy atom. The number of benzene rings is 2. The Balaban J connectivity index is 1.53. The number of halogens is 1. The van der Waals surface area contributed by atoms with Crippen molar-refractivity contribution in [2.45, 2.75) is 31.4 Å². The van der Waals surface area contributed by atoms with Gasteiger partial charge in [-0.05, 0) is 55.6 Å². The van der Waals surface area contributed by atoms with E-state index < -0.39 is 6.10 Å². The van der Waals surface area contributed by atoms with Crippen molar-refractivity contribution in [3.05, 3.63) is 58.6 Å². The molecule has 0 unspecified atom stereocenters. The molecular weight excluding hydrogens is 376 g/mol. The highest BCUT2D eigenvalue weighted by molar-refractivity contribution is 6.31. The Bertz CT molecular complexity index is 820. The Morgan fingerprint density at radius 2 is 2.07 bits per heavy atom. The first-order chi connectivity index (χ1) is 13.6. The fourth-order valence-corrected chi connectivity index (χ4v) is 3.85. The zero-order valence-electron chi connectivity index (χ0n) is 16.0. The molecule has 2 aromatic rings. The maximum Gasteiger partial charge on any atom is 0.138 e. The van der Waals surface area contributed by atoms with Gasteiger partial charge in [-0.15, -0.1) is 0 Å². The molecule has 6 heteroatoms. The van der Waals surface area contributed by atoms with Crippen LogP contribution in [0.2, 0.25) is 5.02 Å². The fourth-order valence-electron chi connectivity index (χ4n) is 3.64. The summed E-state index contributed by atoms with van der Waals surface area (Å²) in [6.45, 7) is 1.64. The molecule has 28 heavy (non-hydrogen) atoms. The largest absolute Gasteiger partial charge is 0.497 e. The normalized spacial score (nSPS) is 17.9. The molecule has 1 saturated heterocycles. The summed E-state index contributed by atoms with van der Waals surface area (Å²) in [6, 6.07) is 15.7. The molecule has 0 spiro atoms. The minimum atomic E-state index is -0.637. The molecule has 0 radical (unpaired) electrons. The molecule has 0 saturated carbocycles. The summed E-state index contributed by atoms with van der Waals surface area (Å²) in [5.41, 5.74) is 1.57. The Morgan fingerprint density at radius 1 is 1.29 bits per heavy atom. The number of aliphatic hydroxyl groups is 1. The molecule has 1 aliphatic heterocycles. The van der Waals surface area contributed by atoms with E-state index in [4.69, 9.17) is 21.1 Å². The number of hydrogen-bond acceptors (Lipinski definition) is 5. The van der Waals surface area contributed by atoms with Crippen LogP contribution in [0.3, 0.4) is 0 Å². The van der Waals surface area contributed by atoms with Gasteiger partial charge in [0, 0.05) is 12.6 Å². The molecule has 1 N–H and O–H groups in total. The summed E-state index contributed by atoms with van der Waals surface area (Å²) >= 11 is 6.02. The standard InChI is InChI=1S/C22H25ClN2O3/c1-27-19-9-7-16(8-10-19)12-17-4-3-11-25(17)14-18(26)15-28-22-6-2-5-21(23)20(22)13-24/h2,5-10,17-18,26H,3-4,11-12,14-15H2,1H3/t17-,18+/m0/s1. The van der Waals surface area contributed by atoms with E-state index in [2.05, 4.69) is 17.0 Å². The van der Waals surface area contributed by atoms with Crippen LogP contribution in [0.15, 0.2) is 42.5 Å². The van der Waals surface area contributed by atoms with Crippen LogP contribution in [0.4, 0.5) is 0 Å². The third-order valence-electron chi connectivity index (χ3n) is 5.09. The van der Waals surface area contributed by atoms with Gasteiger partial charge in [0.05, 0.1) is 12.1 Å². The van der Waals surface area contributed by atoms with Gasteiger partial charge in [0.25, 0.3) is 0 Å². The van der Waals surface area contributed by atoms with Crippen LogP contribution in [0.25, 0.3) is 0 Å². The SMILES string of the molecule is COc1ccc(C[C@@H]2CCCN2C[C@@H](O)COc2cccc(Cl)c2C#N)cc1. The van der Waals surface area contributed by atoms with E-state index in [1.54, 1.807) is 25.3 Å². The second-order valence-corrected chi connectivity index (χ2v) is 7.44. The molecule has 3 rings (SSSR count). The number of methoxy groups -OCH3 is 1. The van der Waals surface area contributed by atoms with Crippen molar-refractivity contribution in [2.75, 3.05) is 26.8 Å². The lowest BCUT2D eigenvalue weighted by atomic mass is 10.0. The summed E-state index contributed by atoms with van der Waals surface area (Å²) in [5, 5.41) is 20.0. The number of aliphatic hydroxyl groups excluding tert-OH is 1. The number of nitriles is 1. The zero-order valence-corrected chi connectivity index (χ0v) is 16.7. The average molecular weight is 401 g/mol. The average Bonchev–Trinajstić information content (AvgIpc) is 3.13. The summed E-state index contributed by atoms with van der Waals surface area (Å²) < 4.78 is 10.9. The van der Waals surface area contributed by atoms with E-state index in [9.17, 15) is 10.4 Å². The van der Waals surface area contributed by atoms with E-state index >= 15 is 0 Å². The summed E-state index contributed by atoms with van der Waals surface area (Å²) in [6.07, 6.45) is 2.56. The van der Waals surface area contributed by atoms with Crippen LogP contribution in [-0.4, -0.2) is 49.0 Å². The first kappa shape index (κ1) is 20.5. The smallest absolute Gasteiger partial charge is 0.138 e. The summed E-state index contributed by atoms with van der Waals surface area (Å²) in [4.78, 5) is 2.32. The van der Waals surface area contributed by atoms with Gasteiger partial charge in [-0.3, -0.25) is 4.90 Å². The van der Waals surface area contributed by atoms with Crippen LogP contribution >= 0.6 is 11.6 Å². The maximum absolute atomic E-state index is 10.5. The molecule has 5 nitrogen and oxygen atoms in total. The van der Waals surface area contributed by atoms with Crippen LogP contribution < -0.4 is 9.47 Å². The topological polar surface area (TPSA) is 65.7 Å². The highest BCUT2D eigenvalue weighted by Gasteiger charge is 2.26. The van der Waals surface area contributed by atoms with Crippen molar-refractivity contribution >= 4 is 11.6 Å². The Labute approximate surface area is 171 Å². The summed E-state index contributed by atoms with van der Waals surface area (Å²) in [7, 11) is 1.67. The Hall–Kier alpha value is -2.26. The lowest BCUT2D eigenvalue weighted by molar-refractivity contribution is 0.0639. The van der Waals surface area contributed by atoms with E-state index in [1.165, 1.54) is 5.56 Å². The van der Waals surface area contributed by atoms with Gasteiger partial charge < -0.3 is 14.6 Å². The highest BCUT2D eigenvalue weighted by Crippen LogP contribution is 2.26. The molecule has 1 fully saturated rings. The lowest BCUT2D eigenvalue weighted by Crippen LogP contribution is -2.39. The monoisotopic (exact) mass is 400 g/mol. The Kier molecular flexibility index (Phi) is 7.16. The molecule has 148 valence electrons. The molecule has 0 aliphatic carbocycles. The van der Waals surface area contributed by atoms with Gasteiger partial charge in [-0.2, -0.15) is 5.26 Å². The van der Waals surface area contributed by atoms with Gasteiger partial charge in [0.2, 0.25) is 0 Å². The predicted molar refractivity (Wildman–Crippen MR) is 109 cm³/mol. The predicted octanol–water partition coefficient (Wildman–Crippen LogP) is 3.67. The molecule has 2 atom stereocenters. The van der Waals surface area contributed by atoms with Gasteiger partial charge >= 0.3 is 0 Å². The van der Waals surface area contributed by atoms with Gasteiger partial charge in [-0.1, -0.05) is 29.8 Å². The number of ether oxygens (including phenoxy) is 2. The van der Waals surface area contributed by atoms with Crippen LogP contribution in [0.1, 0.15) is 24.0 Å². The van der Waals surface area contributed by atoms with Crippen molar-refractivity contribution in [1.29, 1.82) is 5.26 Å². The number of β-amino-alcohol motifs (C(OH)–C–C–N with tert-alkyl or cyclic N) is 1. The minimum absolute atomic E-state index is 0.126. The fraction of sp³-hybridized carbons (Fsp3) is 0.409. The third-order valence-corrected chi connectivity index (χ3v) is 5.41. The van der Waals surface area contributed by atoms with E-state index in [0.29, 0.717) is 28.9 Å². The van der Waals surface area contributed by atoms with Crippen LogP contribution in [0, 0.1) is 11.3 Å². The zero-order chi connectivity index (χ0) is 19.9. The van der Waals surface area contributed by atoms with Crippen molar-refractivity contribution in [3.63, 3.8) is 0 Å². The first-order valence-electron chi connectivity index (χ1n) is 9.47. The second kappa shape index (κ2) is 9.79. The van der Waals surface area contributed by atoms with Crippen LogP contribution in [0.5, 0.6) is 11.5 Å². The van der Waals surface area contributed by atoms with E-state index in [0.717, 1.165) is 31.6 Å². The van der Waals surface area contributed by atoms with E-state index in [1.807, 2.05) is 18.2 Å². The van der Waals surface area contributed by atoms with Crippen molar-refractivity contribution in [2.24, 2.45) is 0 Å². The molecular formula is C22H25ClN2O3. The number of likely N-dealkylation sites (tertiary alicyclic amines) is 1. The molecule has 0 amide bonds. The third kappa shape index (κ3) is 5.17. The van der Waals surface area contributed by atoms with Crippen LogP contribution in [-0.2, 0) is 6.42 Å². The van der Waals surface area contributed by atoms with Crippen molar-refractivity contribution < 1.29 is 14.6 Å². The maximum atomic E-state index is 10.5. The van der Waals surface area contributed by atoms with Gasteiger partial charge in [0.15, 0.2) is 0 Å². The molecule has 2 aromatic carbocycles. The molecule has 1 aliphatic rings.